The topological polar surface area (TPSA) is 93.1 Å². The van der Waals surface area contributed by atoms with Gasteiger partial charge in [-0.15, -0.1) is 0 Å². The third-order valence-electron chi connectivity index (χ3n) is 3.86. The van der Waals surface area contributed by atoms with Gasteiger partial charge in [-0.1, -0.05) is 29.3 Å². The second-order valence-electron chi connectivity index (χ2n) is 6.19. The summed E-state index contributed by atoms with van der Waals surface area (Å²) in [5.41, 5.74) is 1.99. The first kappa shape index (κ1) is 21.7. The maximum Gasteiger partial charge on any atom is 0.244 e. The quantitative estimate of drug-likeness (QED) is 0.626. The van der Waals surface area contributed by atoms with Crippen LogP contribution in [-0.4, -0.2) is 36.7 Å². The van der Waals surface area contributed by atoms with Crippen molar-refractivity contribution in [2.75, 3.05) is 6.54 Å². The Hall–Kier alpha value is -1.61. The van der Waals surface area contributed by atoms with Crippen LogP contribution in [0.4, 0.5) is 0 Å². The first-order chi connectivity index (χ1) is 12.6. The van der Waals surface area contributed by atoms with Gasteiger partial charge in [-0.3, -0.25) is 9.48 Å². The molecule has 0 saturated heterocycles. The Morgan fingerprint density at radius 3 is 2.44 bits per heavy atom. The number of amides is 1. The van der Waals surface area contributed by atoms with Crippen molar-refractivity contribution < 1.29 is 13.2 Å². The van der Waals surface area contributed by atoms with Gasteiger partial charge in [0.1, 0.15) is 4.90 Å². The number of carbonyl (C=O) groups is 1. The fourth-order valence-corrected chi connectivity index (χ4v) is 4.93. The zero-order valence-corrected chi connectivity index (χ0v) is 17.6. The number of aryl methyl sites for hydroxylation is 3. The molecule has 0 aliphatic heterocycles. The number of hydrogen-bond donors (Lipinski definition) is 2. The molecule has 2 rings (SSSR count). The number of nitrogens with one attached hydrogen (secondary N) is 2. The maximum atomic E-state index is 12.5. The van der Waals surface area contributed by atoms with Crippen molar-refractivity contribution in [1.82, 2.24) is 19.8 Å². The van der Waals surface area contributed by atoms with Crippen molar-refractivity contribution in [1.29, 1.82) is 0 Å². The molecule has 1 aromatic heterocycles. The molecule has 0 fully saturated rings. The average Bonchev–Trinajstić information content (AvgIpc) is 2.88. The van der Waals surface area contributed by atoms with E-state index in [0.717, 1.165) is 11.4 Å². The molecule has 2 N–H and O–H groups in total. The van der Waals surface area contributed by atoms with E-state index in [-0.39, 0.29) is 14.9 Å². The molecule has 1 aromatic carbocycles. The number of benzene rings is 1. The van der Waals surface area contributed by atoms with Crippen LogP contribution in [0.25, 0.3) is 0 Å². The summed E-state index contributed by atoms with van der Waals surface area (Å²) in [6, 6.07) is 5.39. The van der Waals surface area contributed by atoms with Gasteiger partial charge in [0.2, 0.25) is 15.9 Å². The van der Waals surface area contributed by atoms with Crippen molar-refractivity contribution in [3.63, 3.8) is 0 Å². The second-order valence-corrected chi connectivity index (χ2v) is 8.65. The summed E-state index contributed by atoms with van der Waals surface area (Å²) in [5.74, 6) is -0.435. The summed E-state index contributed by atoms with van der Waals surface area (Å²) >= 11 is 11.9. The lowest BCUT2D eigenvalue weighted by Gasteiger charge is -2.16. The number of carbonyl (C=O) groups excluding carboxylic acids is 1. The minimum absolute atomic E-state index is 0.00695. The van der Waals surface area contributed by atoms with Gasteiger partial charge in [-0.05, 0) is 45.4 Å². The molecule has 148 valence electrons. The molecular formula is C17H22Cl2N4O3S. The molecular weight excluding hydrogens is 411 g/mol. The summed E-state index contributed by atoms with van der Waals surface area (Å²) < 4.78 is 29.1. The third-order valence-corrected chi connectivity index (χ3v) is 6.36. The largest absolute Gasteiger partial charge is 0.355 e. The molecule has 0 radical (unpaired) electrons. The molecule has 0 spiro atoms. The molecule has 0 aliphatic rings. The number of nitrogens with zero attached hydrogens (tertiary/aromatic N) is 2. The highest BCUT2D eigenvalue weighted by atomic mass is 35.5. The molecule has 1 atom stereocenters. The van der Waals surface area contributed by atoms with E-state index in [2.05, 4.69) is 15.1 Å². The molecule has 10 heteroatoms. The van der Waals surface area contributed by atoms with Crippen molar-refractivity contribution in [2.24, 2.45) is 0 Å². The fourth-order valence-electron chi connectivity index (χ4n) is 2.58. The predicted molar refractivity (Wildman–Crippen MR) is 106 cm³/mol. The van der Waals surface area contributed by atoms with E-state index in [9.17, 15) is 13.2 Å². The summed E-state index contributed by atoms with van der Waals surface area (Å²) in [6.45, 7) is 6.41. The van der Waals surface area contributed by atoms with Gasteiger partial charge < -0.3 is 5.32 Å². The van der Waals surface area contributed by atoms with Crippen molar-refractivity contribution >= 4 is 39.1 Å². The fraction of sp³-hybridized carbons (Fsp3) is 0.412. The monoisotopic (exact) mass is 432 g/mol. The highest BCUT2D eigenvalue weighted by Gasteiger charge is 2.26. The van der Waals surface area contributed by atoms with Crippen LogP contribution in [0.1, 0.15) is 24.7 Å². The van der Waals surface area contributed by atoms with E-state index in [1.165, 1.54) is 19.1 Å². The van der Waals surface area contributed by atoms with Gasteiger partial charge in [0.15, 0.2) is 0 Å². The van der Waals surface area contributed by atoms with Crippen LogP contribution in [0, 0.1) is 13.8 Å². The Kier molecular flexibility index (Phi) is 7.27. The highest BCUT2D eigenvalue weighted by Crippen LogP contribution is 2.28. The zero-order chi connectivity index (χ0) is 20.2. The summed E-state index contributed by atoms with van der Waals surface area (Å²) in [5, 5.41) is 7.04. The first-order valence-electron chi connectivity index (χ1n) is 8.37. The van der Waals surface area contributed by atoms with Gasteiger partial charge in [0, 0.05) is 18.8 Å². The molecule has 0 saturated carbocycles. The Labute approximate surface area is 169 Å². The lowest BCUT2D eigenvalue weighted by molar-refractivity contribution is -0.122. The van der Waals surface area contributed by atoms with E-state index >= 15 is 0 Å². The van der Waals surface area contributed by atoms with E-state index in [1.54, 1.807) is 6.07 Å². The SMILES string of the molecule is Cc1cc(C)n(CCCNC(=O)[C@@H](C)NS(=O)(=O)c2c(Cl)cccc2Cl)n1. The van der Waals surface area contributed by atoms with Gasteiger partial charge in [0.05, 0.1) is 21.8 Å². The highest BCUT2D eigenvalue weighted by molar-refractivity contribution is 7.89. The lowest BCUT2D eigenvalue weighted by atomic mass is 10.3. The van der Waals surface area contributed by atoms with Crippen LogP contribution < -0.4 is 10.0 Å². The average molecular weight is 433 g/mol. The standard InChI is InChI=1S/C17H22Cl2N4O3S/c1-11-10-12(2)23(21-11)9-5-8-20-17(24)13(3)22-27(25,26)16-14(18)6-4-7-15(16)19/h4,6-7,10,13,22H,5,8-9H2,1-3H3,(H,20,24)/t13-/m1/s1. The minimum Gasteiger partial charge on any atom is -0.355 e. The van der Waals surface area contributed by atoms with E-state index in [0.29, 0.717) is 19.5 Å². The van der Waals surface area contributed by atoms with Crippen LogP contribution >= 0.6 is 23.2 Å². The van der Waals surface area contributed by atoms with Gasteiger partial charge >= 0.3 is 0 Å². The summed E-state index contributed by atoms with van der Waals surface area (Å²) in [4.78, 5) is 11.9. The molecule has 1 heterocycles. The number of aromatic nitrogens is 2. The molecule has 0 unspecified atom stereocenters. The Morgan fingerprint density at radius 2 is 1.89 bits per heavy atom. The number of rotatable bonds is 8. The number of sulfonamides is 1. The molecule has 7 nitrogen and oxygen atoms in total. The van der Waals surface area contributed by atoms with E-state index in [4.69, 9.17) is 23.2 Å². The van der Waals surface area contributed by atoms with Crippen molar-refractivity contribution in [3.05, 3.63) is 45.7 Å². The molecule has 27 heavy (non-hydrogen) atoms. The first-order valence-corrected chi connectivity index (χ1v) is 10.6. The van der Waals surface area contributed by atoms with Crippen LogP contribution in [0.3, 0.4) is 0 Å². The Morgan fingerprint density at radius 1 is 1.26 bits per heavy atom. The van der Waals surface area contributed by atoms with Crippen molar-refractivity contribution in [2.45, 2.75) is 44.7 Å². The molecule has 1 amide bonds. The van der Waals surface area contributed by atoms with Crippen LogP contribution in [0.15, 0.2) is 29.2 Å². The number of hydrogen-bond acceptors (Lipinski definition) is 4. The Balaban J connectivity index is 1.88. The molecule has 0 bridgehead atoms. The number of halogens is 2. The lowest BCUT2D eigenvalue weighted by Crippen LogP contribution is -2.45. The summed E-state index contributed by atoms with van der Waals surface area (Å²) in [7, 11) is -4.03. The van der Waals surface area contributed by atoms with E-state index in [1.807, 2.05) is 24.6 Å². The van der Waals surface area contributed by atoms with Gasteiger partial charge in [-0.2, -0.15) is 9.82 Å². The smallest absolute Gasteiger partial charge is 0.244 e. The maximum absolute atomic E-state index is 12.5. The minimum atomic E-state index is -4.03. The van der Waals surface area contributed by atoms with Crippen LogP contribution in [-0.2, 0) is 21.4 Å². The van der Waals surface area contributed by atoms with Crippen LogP contribution in [0.5, 0.6) is 0 Å². The molecule has 0 aliphatic carbocycles. The summed E-state index contributed by atoms with van der Waals surface area (Å²) in [6.07, 6.45) is 0.670. The van der Waals surface area contributed by atoms with Crippen LogP contribution in [0.2, 0.25) is 10.0 Å². The zero-order valence-electron chi connectivity index (χ0n) is 15.3. The van der Waals surface area contributed by atoms with E-state index < -0.39 is 22.0 Å². The third kappa shape index (κ3) is 5.68. The molecule has 2 aromatic rings. The van der Waals surface area contributed by atoms with Gasteiger partial charge in [-0.25, -0.2) is 8.42 Å². The normalized spacial score (nSPS) is 12.8. The van der Waals surface area contributed by atoms with Gasteiger partial charge in [0.25, 0.3) is 0 Å². The predicted octanol–water partition coefficient (Wildman–Crippen LogP) is 2.68. The van der Waals surface area contributed by atoms with Crippen molar-refractivity contribution in [3.8, 4) is 0 Å². The second kappa shape index (κ2) is 9.05. The Bertz CT molecular complexity index is 908.